The van der Waals surface area contributed by atoms with Crippen LogP contribution < -0.4 is 21.0 Å². The van der Waals surface area contributed by atoms with Gasteiger partial charge in [0, 0.05) is 80.2 Å². The minimum absolute atomic E-state index is 0.0856. The number of hydrogen-bond donors (Lipinski definition) is 4. The Balaban J connectivity index is 0.00000166. The number of hydrogen-bond acceptors (Lipinski definition) is 11. The number of hydrazine groups is 1. The van der Waals surface area contributed by atoms with Crippen molar-refractivity contribution in [3.63, 3.8) is 0 Å². The van der Waals surface area contributed by atoms with Gasteiger partial charge in [-0.15, -0.1) is 0 Å². The van der Waals surface area contributed by atoms with Gasteiger partial charge >= 0.3 is 12.0 Å². The third kappa shape index (κ3) is 8.54. The summed E-state index contributed by atoms with van der Waals surface area (Å²) >= 11 is 0. The molecule has 3 amide bonds. The normalized spacial score (nSPS) is 21.7. The molecule has 0 aliphatic carbocycles. The summed E-state index contributed by atoms with van der Waals surface area (Å²) in [5, 5.41) is 13.6. The lowest BCUT2D eigenvalue weighted by molar-refractivity contribution is -0.155. The number of benzene rings is 1. The van der Waals surface area contributed by atoms with Crippen molar-refractivity contribution in [3.8, 4) is 22.6 Å². The van der Waals surface area contributed by atoms with Crippen LogP contribution in [0.2, 0.25) is 0 Å². The molecule has 8 rings (SSSR count). The first-order valence-electron chi connectivity index (χ1n) is 20.8. The van der Waals surface area contributed by atoms with Crippen LogP contribution in [0.5, 0.6) is 0 Å². The number of amides is 3. The molecule has 3 atom stereocenters. The van der Waals surface area contributed by atoms with E-state index in [1.54, 1.807) is 16.7 Å². The number of ether oxygens (including phenoxy) is 2. The summed E-state index contributed by atoms with van der Waals surface area (Å²) in [7, 11) is 1.69. The van der Waals surface area contributed by atoms with Gasteiger partial charge in [0.1, 0.15) is 18.8 Å². The maximum Gasteiger partial charge on any atom is 0.324 e. The number of nitrogens with zero attached hydrogens (tertiary/aromatic N) is 7. The van der Waals surface area contributed by atoms with Gasteiger partial charge in [0.15, 0.2) is 11.6 Å². The number of piperazine rings is 1. The summed E-state index contributed by atoms with van der Waals surface area (Å²) in [5.74, 6) is 0.266. The number of aromatic amines is 1. The number of anilines is 1. The molecule has 4 aliphatic rings. The number of H-pyrrole nitrogens is 1. The highest BCUT2D eigenvalue weighted by atomic mass is 16.5. The zero-order chi connectivity index (χ0) is 41.1. The summed E-state index contributed by atoms with van der Waals surface area (Å²) in [6, 6.07) is 6.37. The molecule has 0 spiro atoms. The molecule has 8 bridgehead atoms. The van der Waals surface area contributed by atoms with E-state index in [0.717, 1.165) is 70.8 Å². The van der Waals surface area contributed by atoms with Gasteiger partial charge in [0.05, 0.1) is 36.0 Å². The van der Waals surface area contributed by atoms with Gasteiger partial charge in [0.2, 0.25) is 0 Å². The van der Waals surface area contributed by atoms with Crippen LogP contribution in [0.3, 0.4) is 0 Å². The second-order valence-electron chi connectivity index (χ2n) is 16.5. The molecule has 2 saturated heterocycles. The van der Waals surface area contributed by atoms with Gasteiger partial charge in [-0.25, -0.2) is 19.9 Å². The second-order valence-corrected chi connectivity index (χ2v) is 16.5. The minimum Gasteiger partial charge on any atom is -0.464 e. The van der Waals surface area contributed by atoms with Crippen molar-refractivity contribution < 1.29 is 23.9 Å². The van der Waals surface area contributed by atoms with Gasteiger partial charge in [-0.1, -0.05) is 34.1 Å². The molecule has 58 heavy (non-hydrogen) atoms. The summed E-state index contributed by atoms with van der Waals surface area (Å²) < 4.78 is 13.7. The molecule has 0 radical (unpaired) electrons. The molecular formula is C42H59N11O5. The monoisotopic (exact) mass is 797 g/mol. The van der Waals surface area contributed by atoms with E-state index in [4.69, 9.17) is 24.5 Å². The number of carbonyl (C=O) groups is 3. The fraction of sp³-hybridized carbons (Fsp3) is 0.571. The third-order valence-electron chi connectivity index (χ3n) is 11.2. The highest BCUT2D eigenvalue weighted by Gasteiger charge is 2.37. The van der Waals surface area contributed by atoms with Crippen molar-refractivity contribution in [2.45, 2.75) is 98.5 Å². The molecule has 4 N–H and O–H groups in total. The first-order valence-corrected chi connectivity index (χ1v) is 20.8. The van der Waals surface area contributed by atoms with Crippen molar-refractivity contribution in [1.82, 2.24) is 50.7 Å². The Hall–Kier alpha value is -5.06. The van der Waals surface area contributed by atoms with Gasteiger partial charge < -0.3 is 34.9 Å². The Morgan fingerprint density at radius 1 is 1.05 bits per heavy atom. The van der Waals surface area contributed by atoms with E-state index in [0.29, 0.717) is 44.0 Å². The fourth-order valence-corrected chi connectivity index (χ4v) is 8.08. The quantitative estimate of drug-likeness (QED) is 0.209. The Morgan fingerprint density at radius 2 is 1.83 bits per heavy atom. The van der Waals surface area contributed by atoms with Crippen LogP contribution in [0.25, 0.3) is 33.5 Å². The third-order valence-corrected chi connectivity index (χ3v) is 11.2. The number of esters is 1. The number of nitrogens with one attached hydrogen (secondary N) is 4. The lowest BCUT2D eigenvalue weighted by Crippen LogP contribution is -2.61. The Morgan fingerprint density at radius 3 is 2.57 bits per heavy atom. The zero-order valence-electron chi connectivity index (χ0n) is 35.0. The van der Waals surface area contributed by atoms with Crippen LogP contribution in [-0.2, 0) is 38.6 Å². The molecule has 4 aliphatic heterocycles. The summed E-state index contributed by atoms with van der Waals surface area (Å²) in [5.41, 5.74) is 9.17. The highest BCUT2D eigenvalue weighted by Crippen LogP contribution is 2.41. The number of aromatic nitrogens is 5. The molecular weight excluding hydrogens is 739 g/mol. The lowest BCUT2D eigenvalue weighted by Gasteiger charge is -2.35. The largest absolute Gasteiger partial charge is 0.464 e. The van der Waals surface area contributed by atoms with Crippen LogP contribution in [0.4, 0.5) is 10.5 Å². The summed E-state index contributed by atoms with van der Waals surface area (Å²) in [6.45, 7) is 17.0. The second kappa shape index (κ2) is 17.4. The number of pyridine rings is 1. The summed E-state index contributed by atoms with van der Waals surface area (Å²) in [4.78, 5) is 58.9. The molecule has 16 nitrogen and oxygen atoms in total. The number of methoxy groups -OCH3 is 1. The standard InChI is InChI=1S/C39H51N11O5.C3H8/c1-6-47-22-50-35-24-9-10-29-26(16-24)28(34(42-29)27-17-25(48-14-11-40-12-15-48)20-41-33(27)23(2)54-5)19-39(3,4)21-55-37(52)30-8-7-13-49(45-30)36(51)31(43-38(47)53)18-32(44-35)46-50;1-3-2/h9-10,16-17,20,23,30-31,40,42,45H,6-8,11-15,18-19,21-22H2,1-5H3,(H,43,53);3H2,1-2H3. The number of rotatable bonds is 5. The summed E-state index contributed by atoms with van der Waals surface area (Å²) in [6.07, 6.45) is 4.68. The number of urea groups is 1. The van der Waals surface area contributed by atoms with Gasteiger partial charge in [0.25, 0.3) is 5.91 Å². The topological polar surface area (TPSA) is 175 Å². The number of carbonyl (C=O) groups excluding carboxylic acids is 3. The average Bonchev–Trinajstić information content (AvgIpc) is 3.82. The van der Waals surface area contributed by atoms with E-state index < -0.39 is 23.5 Å². The van der Waals surface area contributed by atoms with E-state index in [9.17, 15) is 14.4 Å². The first kappa shape index (κ1) is 41.1. The van der Waals surface area contributed by atoms with Crippen LogP contribution in [0, 0.1) is 5.41 Å². The predicted octanol–water partition coefficient (Wildman–Crippen LogP) is 4.56. The van der Waals surface area contributed by atoms with Crippen LogP contribution in [0.15, 0.2) is 30.5 Å². The van der Waals surface area contributed by atoms with E-state index in [1.165, 1.54) is 11.4 Å². The van der Waals surface area contributed by atoms with Crippen molar-refractivity contribution in [1.29, 1.82) is 0 Å². The molecule has 16 heteroatoms. The SMILES string of the molecule is CCC.CCN1Cn2nc3nc2-c2ccc4[nH]c(-c5cc(N6CCNCC6)cnc5C(C)OC)c(c4c2)CC(C)(C)COC(=O)C2CCCN(N2)C(=O)C(C3)NC1=O. The van der Waals surface area contributed by atoms with Crippen LogP contribution in [-0.4, -0.2) is 118 Å². The molecule has 312 valence electrons. The van der Waals surface area contributed by atoms with Crippen LogP contribution in [0.1, 0.15) is 84.0 Å². The fourth-order valence-electron chi connectivity index (χ4n) is 8.08. The Labute approximate surface area is 340 Å². The maximum absolute atomic E-state index is 14.0. The number of cyclic esters (lactones) is 1. The predicted molar refractivity (Wildman–Crippen MR) is 222 cm³/mol. The van der Waals surface area contributed by atoms with Crippen molar-refractivity contribution in [2.24, 2.45) is 5.41 Å². The van der Waals surface area contributed by atoms with Crippen molar-refractivity contribution in [2.75, 3.05) is 57.9 Å². The van der Waals surface area contributed by atoms with Crippen LogP contribution >= 0.6 is 0 Å². The average molecular weight is 798 g/mol. The maximum atomic E-state index is 14.0. The molecule has 7 heterocycles. The van der Waals surface area contributed by atoms with E-state index >= 15 is 0 Å². The Kier molecular flexibility index (Phi) is 12.4. The minimum atomic E-state index is -0.945. The molecule has 4 aromatic rings. The van der Waals surface area contributed by atoms with Gasteiger partial charge in [-0.3, -0.25) is 19.6 Å². The van der Waals surface area contributed by atoms with Gasteiger partial charge in [-0.2, -0.15) is 5.10 Å². The number of fused-ring (bicyclic) bond motifs is 8. The Bertz CT molecular complexity index is 2120. The van der Waals surface area contributed by atoms with Gasteiger partial charge in [-0.05, 0) is 62.9 Å². The van der Waals surface area contributed by atoms with E-state index in [-0.39, 0.29) is 37.7 Å². The lowest BCUT2D eigenvalue weighted by atomic mass is 9.84. The molecule has 0 saturated carbocycles. The van der Waals surface area contributed by atoms with Crippen molar-refractivity contribution in [3.05, 3.63) is 47.5 Å². The highest BCUT2D eigenvalue weighted by molar-refractivity contribution is 5.94. The van der Waals surface area contributed by atoms with E-state index in [2.05, 4.69) is 71.8 Å². The molecule has 1 aromatic carbocycles. The van der Waals surface area contributed by atoms with Crippen molar-refractivity contribution >= 4 is 34.5 Å². The molecule has 3 unspecified atom stereocenters. The molecule has 3 aromatic heterocycles. The zero-order valence-corrected chi connectivity index (χ0v) is 35.0. The molecule has 2 fully saturated rings. The first-order chi connectivity index (χ1) is 27.9. The van der Waals surface area contributed by atoms with E-state index in [1.807, 2.05) is 26.1 Å². The smallest absolute Gasteiger partial charge is 0.324 e.